The van der Waals surface area contributed by atoms with E-state index >= 15 is 0 Å². The highest BCUT2D eigenvalue weighted by atomic mass is 32.2. The first-order chi connectivity index (χ1) is 10.6. The van der Waals surface area contributed by atoms with Gasteiger partial charge in [0.15, 0.2) is 11.0 Å². The molecule has 0 atom stereocenters. The van der Waals surface area contributed by atoms with Crippen LogP contribution >= 0.6 is 11.8 Å². The van der Waals surface area contributed by atoms with E-state index in [-0.39, 0.29) is 5.82 Å². The average Bonchev–Trinajstić information content (AvgIpc) is 2.91. The van der Waals surface area contributed by atoms with E-state index in [1.54, 1.807) is 23.9 Å². The summed E-state index contributed by atoms with van der Waals surface area (Å²) in [6.45, 7) is 4.23. The van der Waals surface area contributed by atoms with Crippen LogP contribution in [0.2, 0.25) is 0 Å². The fourth-order valence-electron chi connectivity index (χ4n) is 2.15. The summed E-state index contributed by atoms with van der Waals surface area (Å²) in [5.41, 5.74) is 1.84. The second kappa shape index (κ2) is 6.32. The Morgan fingerprint density at radius 2 is 1.64 bits per heavy atom. The summed E-state index contributed by atoms with van der Waals surface area (Å²) in [5.74, 6) is 0.459. The van der Waals surface area contributed by atoms with Crippen molar-refractivity contribution in [3.63, 3.8) is 0 Å². The molecule has 5 heteroatoms. The number of hydrogen-bond acceptors (Lipinski definition) is 3. The predicted octanol–water partition coefficient (Wildman–Crippen LogP) is 4.57. The molecule has 0 radical (unpaired) electrons. The zero-order valence-electron chi connectivity index (χ0n) is 12.4. The van der Waals surface area contributed by atoms with Gasteiger partial charge in [0.1, 0.15) is 5.82 Å². The van der Waals surface area contributed by atoms with Gasteiger partial charge in [0.25, 0.3) is 0 Å². The van der Waals surface area contributed by atoms with E-state index in [0.717, 1.165) is 16.4 Å². The van der Waals surface area contributed by atoms with Crippen LogP contribution in [-0.4, -0.2) is 20.0 Å². The maximum atomic E-state index is 13.2. The molecule has 0 fully saturated rings. The summed E-state index contributed by atoms with van der Waals surface area (Å²) in [5, 5.41) is 9.86. The first-order valence-electron chi connectivity index (χ1n) is 7.08. The Hall–Kier alpha value is -2.14. The van der Waals surface area contributed by atoms with Crippen LogP contribution in [0.3, 0.4) is 0 Å². The number of hydrogen-bond donors (Lipinski definition) is 0. The Balaban J connectivity index is 2.14. The first kappa shape index (κ1) is 14.8. The van der Waals surface area contributed by atoms with Crippen LogP contribution in [0.4, 0.5) is 4.39 Å². The normalized spacial score (nSPS) is 11.1. The van der Waals surface area contributed by atoms with Crippen LogP contribution < -0.4 is 0 Å². The number of benzene rings is 2. The van der Waals surface area contributed by atoms with Gasteiger partial charge in [-0.25, -0.2) is 4.39 Å². The van der Waals surface area contributed by atoms with Crippen LogP contribution in [0.25, 0.3) is 17.1 Å². The summed E-state index contributed by atoms with van der Waals surface area (Å²) in [4.78, 5) is 0. The number of nitrogens with zero attached hydrogens (tertiary/aromatic N) is 3. The predicted molar refractivity (Wildman–Crippen MR) is 87.7 cm³/mol. The fraction of sp³-hybridized carbons (Fsp3) is 0.176. The van der Waals surface area contributed by atoms with Crippen molar-refractivity contribution < 1.29 is 4.39 Å². The molecule has 0 saturated carbocycles. The third-order valence-corrected chi connectivity index (χ3v) is 4.04. The zero-order chi connectivity index (χ0) is 15.5. The van der Waals surface area contributed by atoms with E-state index in [1.807, 2.05) is 34.9 Å². The van der Waals surface area contributed by atoms with Crippen molar-refractivity contribution in [1.82, 2.24) is 14.8 Å². The molecule has 0 amide bonds. The molecule has 0 aliphatic heterocycles. The molecule has 22 heavy (non-hydrogen) atoms. The minimum atomic E-state index is -0.258. The van der Waals surface area contributed by atoms with Gasteiger partial charge < -0.3 is 0 Å². The van der Waals surface area contributed by atoms with Crippen molar-refractivity contribution in [2.24, 2.45) is 0 Å². The number of halogens is 1. The largest absolute Gasteiger partial charge is 0.270 e. The molecule has 0 aliphatic rings. The molecule has 0 N–H and O–H groups in total. The molecule has 0 unspecified atom stereocenters. The van der Waals surface area contributed by atoms with Gasteiger partial charge >= 0.3 is 0 Å². The van der Waals surface area contributed by atoms with Gasteiger partial charge in [0.2, 0.25) is 0 Å². The summed E-state index contributed by atoms with van der Waals surface area (Å²) in [7, 11) is 0. The lowest BCUT2D eigenvalue weighted by atomic mass is 10.2. The molecule has 1 aromatic heterocycles. The molecule has 0 saturated heterocycles. The summed E-state index contributed by atoms with van der Waals surface area (Å²) >= 11 is 1.65. The number of thioether (sulfide) groups is 1. The third-order valence-electron chi connectivity index (χ3n) is 3.09. The standard InChI is InChI=1S/C17H16FN3S/c1-12(2)22-17-20-19-16(13-8-10-14(18)11-9-13)21(17)15-6-4-3-5-7-15/h3-12H,1-2H3. The summed E-state index contributed by atoms with van der Waals surface area (Å²) in [6.07, 6.45) is 0. The van der Waals surface area contributed by atoms with Gasteiger partial charge in [0, 0.05) is 16.5 Å². The maximum absolute atomic E-state index is 13.2. The molecule has 112 valence electrons. The smallest absolute Gasteiger partial charge is 0.196 e. The Morgan fingerprint density at radius 3 is 2.27 bits per heavy atom. The van der Waals surface area contributed by atoms with Gasteiger partial charge in [-0.3, -0.25) is 4.57 Å². The van der Waals surface area contributed by atoms with Crippen molar-refractivity contribution in [1.29, 1.82) is 0 Å². The van der Waals surface area contributed by atoms with Gasteiger partial charge in [-0.15, -0.1) is 10.2 Å². The Labute approximate surface area is 133 Å². The number of para-hydroxylation sites is 1. The molecule has 3 nitrogen and oxygen atoms in total. The van der Waals surface area contributed by atoms with Crippen LogP contribution in [-0.2, 0) is 0 Å². The minimum Gasteiger partial charge on any atom is -0.270 e. The maximum Gasteiger partial charge on any atom is 0.196 e. The van der Waals surface area contributed by atoms with Crippen LogP contribution in [0, 0.1) is 5.82 Å². The highest BCUT2D eigenvalue weighted by Crippen LogP contribution is 2.29. The molecule has 1 heterocycles. The average molecular weight is 313 g/mol. The van der Waals surface area contributed by atoms with Gasteiger partial charge in [-0.05, 0) is 36.4 Å². The van der Waals surface area contributed by atoms with E-state index in [2.05, 4.69) is 24.0 Å². The highest BCUT2D eigenvalue weighted by Gasteiger charge is 2.16. The quantitative estimate of drug-likeness (QED) is 0.661. The molecule has 0 aliphatic carbocycles. The Kier molecular flexibility index (Phi) is 4.24. The van der Waals surface area contributed by atoms with Crippen molar-refractivity contribution in [3.8, 4) is 17.1 Å². The number of aromatic nitrogens is 3. The molecule has 2 aromatic carbocycles. The topological polar surface area (TPSA) is 30.7 Å². The van der Waals surface area contributed by atoms with E-state index in [0.29, 0.717) is 11.1 Å². The molecular weight excluding hydrogens is 297 g/mol. The molecule has 0 bridgehead atoms. The fourth-order valence-corrected chi connectivity index (χ4v) is 2.96. The van der Waals surface area contributed by atoms with E-state index < -0.39 is 0 Å². The Bertz CT molecular complexity index is 751. The lowest BCUT2D eigenvalue weighted by molar-refractivity contribution is 0.628. The zero-order valence-corrected chi connectivity index (χ0v) is 13.2. The molecule has 3 rings (SSSR count). The van der Waals surface area contributed by atoms with Crippen LogP contribution in [0.1, 0.15) is 13.8 Å². The van der Waals surface area contributed by atoms with Crippen molar-refractivity contribution >= 4 is 11.8 Å². The lowest BCUT2D eigenvalue weighted by Crippen LogP contribution is -2.01. The Morgan fingerprint density at radius 1 is 0.955 bits per heavy atom. The van der Waals surface area contributed by atoms with E-state index in [1.165, 1.54) is 12.1 Å². The molecular formula is C17H16FN3S. The van der Waals surface area contributed by atoms with E-state index in [9.17, 15) is 4.39 Å². The monoisotopic (exact) mass is 313 g/mol. The van der Waals surface area contributed by atoms with Crippen molar-refractivity contribution in [3.05, 3.63) is 60.4 Å². The second-order valence-corrected chi connectivity index (χ2v) is 6.69. The van der Waals surface area contributed by atoms with Gasteiger partial charge in [-0.2, -0.15) is 0 Å². The van der Waals surface area contributed by atoms with Crippen LogP contribution in [0.5, 0.6) is 0 Å². The lowest BCUT2D eigenvalue weighted by Gasteiger charge is -2.11. The molecule has 0 spiro atoms. The second-order valence-electron chi connectivity index (χ2n) is 5.15. The first-order valence-corrected chi connectivity index (χ1v) is 7.96. The SMILES string of the molecule is CC(C)Sc1nnc(-c2ccc(F)cc2)n1-c1ccccc1. The summed E-state index contributed by atoms with van der Waals surface area (Å²) in [6, 6.07) is 16.3. The minimum absolute atomic E-state index is 0.258. The third kappa shape index (κ3) is 3.04. The molecule has 3 aromatic rings. The van der Waals surface area contributed by atoms with Gasteiger partial charge in [0.05, 0.1) is 0 Å². The highest BCUT2D eigenvalue weighted by molar-refractivity contribution is 7.99. The van der Waals surface area contributed by atoms with E-state index in [4.69, 9.17) is 0 Å². The summed E-state index contributed by atoms with van der Waals surface area (Å²) < 4.78 is 15.2. The van der Waals surface area contributed by atoms with Crippen molar-refractivity contribution in [2.45, 2.75) is 24.3 Å². The van der Waals surface area contributed by atoms with Gasteiger partial charge in [-0.1, -0.05) is 43.8 Å². The number of rotatable bonds is 4. The van der Waals surface area contributed by atoms with Crippen molar-refractivity contribution in [2.75, 3.05) is 0 Å². The van der Waals surface area contributed by atoms with Crippen LogP contribution in [0.15, 0.2) is 59.8 Å².